The summed E-state index contributed by atoms with van der Waals surface area (Å²) in [6, 6.07) is 4.98. The van der Waals surface area contributed by atoms with Crippen LogP contribution in [0.4, 0.5) is 8.78 Å². The van der Waals surface area contributed by atoms with Crippen molar-refractivity contribution in [2.75, 3.05) is 13.2 Å². The molecule has 0 atom stereocenters. The van der Waals surface area contributed by atoms with Crippen molar-refractivity contribution in [2.45, 2.75) is 6.54 Å². The highest BCUT2D eigenvalue weighted by molar-refractivity contribution is 5.24. The van der Waals surface area contributed by atoms with E-state index in [9.17, 15) is 8.78 Å². The van der Waals surface area contributed by atoms with E-state index >= 15 is 0 Å². The van der Waals surface area contributed by atoms with Crippen molar-refractivity contribution in [3.63, 3.8) is 0 Å². The van der Waals surface area contributed by atoms with E-state index in [0.717, 1.165) is 23.8 Å². The molecule has 0 aliphatic carbocycles. The highest BCUT2D eigenvalue weighted by atomic mass is 19.1. The summed E-state index contributed by atoms with van der Waals surface area (Å²) in [6.45, 7) is 1.44. The van der Waals surface area contributed by atoms with Crippen LogP contribution in [0.1, 0.15) is 5.56 Å². The van der Waals surface area contributed by atoms with Crippen LogP contribution < -0.4 is 10.1 Å². The van der Waals surface area contributed by atoms with Gasteiger partial charge in [0.1, 0.15) is 12.4 Å². The number of nitrogens with one attached hydrogen (secondary N) is 1. The van der Waals surface area contributed by atoms with Crippen LogP contribution in [-0.2, 0) is 6.54 Å². The first-order chi connectivity index (χ1) is 8.75. The molecule has 1 aromatic heterocycles. The standard InChI is InChI=1S/C13H13F2NO2/c14-11-1-2-12(15)13(7-11)18-6-4-16-8-10-3-5-17-9-10/h1-3,5,7,9,16H,4,6,8H2. The predicted molar refractivity (Wildman–Crippen MR) is 62.3 cm³/mol. The van der Waals surface area contributed by atoms with Crippen LogP contribution in [0.5, 0.6) is 5.75 Å². The number of rotatable bonds is 6. The first kappa shape index (κ1) is 12.6. The molecular weight excluding hydrogens is 240 g/mol. The lowest BCUT2D eigenvalue weighted by Crippen LogP contribution is -2.20. The lowest BCUT2D eigenvalue weighted by molar-refractivity contribution is 0.296. The molecular formula is C13H13F2NO2. The smallest absolute Gasteiger partial charge is 0.165 e. The van der Waals surface area contributed by atoms with Crippen LogP contribution in [0.15, 0.2) is 41.2 Å². The van der Waals surface area contributed by atoms with Crippen LogP contribution in [0.3, 0.4) is 0 Å². The number of hydrogen-bond donors (Lipinski definition) is 1. The molecule has 2 rings (SSSR count). The lowest BCUT2D eigenvalue weighted by Gasteiger charge is -2.07. The molecule has 0 aliphatic heterocycles. The second-order valence-electron chi connectivity index (χ2n) is 3.73. The zero-order valence-electron chi connectivity index (χ0n) is 9.66. The van der Waals surface area contributed by atoms with Crippen LogP contribution in [0.2, 0.25) is 0 Å². The molecule has 0 fully saturated rings. The Kier molecular flexibility index (Phi) is 4.30. The van der Waals surface area contributed by atoms with Crippen molar-refractivity contribution >= 4 is 0 Å². The highest BCUT2D eigenvalue weighted by Crippen LogP contribution is 2.17. The predicted octanol–water partition coefficient (Wildman–Crippen LogP) is 2.73. The normalized spacial score (nSPS) is 10.6. The Labute approximate surface area is 103 Å². The summed E-state index contributed by atoms with van der Waals surface area (Å²) >= 11 is 0. The van der Waals surface area contributed by atoms with Crippen molar-refractivity contribution in [3.8, 4) is 5.75 Å². The first-order valence-electron chi connectivity index (χ1n) is 5.55. The average molecular weight is 253 g/mol. The van der Waals surface area contributed by atoms with Gasteiger partial charge in [-0.2, -0.15) is 0 Å². The summed E-state index contributed by atoms with van der Waals surface area (Å²) < 4.78 is 36.1. The SMILES string of the molecule is Fc1ccc(F)c(OCCNCc2ccoc2)c1. The Morgan fingerprint density at radius 1 is 1.22 bits per heavy atom. The fraction of sp³-hybridized carbons (Fsp3) is 0.231. The molecule has 96 valence electrons. The maximum absolute atomic E-state index is 13.2. The van der Waals surface area contributed by atoms with E-state index in [1.54, 1.807) is 12.5 Å². The molecule has 5 heteroatoms. The Hall–Kier alpha value is -1.88. The van der Waals surface area contributed by atoms with E-state index in [-0.39, 0.29) is 12.4 Å². The van der Waals surface area contributed by atoms with Crippen LogP contribution >= 0.6 is 0 Å². The van der Waals surface area contributed by atoms with Gasteiger partial charge in [0.15, 0.2) is 11.6 Å². The molecule has 1 aromatic carbocycles. The van der Waals surface area contributed by atoms with Crippen molar-refractivity contribution in [3.05, 3.63) is 54.0 Å². The molecule has 0 saturated carbocycles. The highest BCUT2D eigenvalue weighted by Gasteiger charge is 2.04. The van der Waals surface area contributed by atoms with Crippen molar-refractivity contribution in [1.29, 1.82) is 0 Å². The van der Waals surface area contributed by atoms with Crippen molar-refractivity contribution in [1.82, 2.24) is 5.32 Å². The summed E-state index contributed by atoms with van der Waals surface area (Å²) in [5, 5.41) is 3.09. The molecule has 0 amide bonds. The second-order valence-corrected chi connectivity index (χ2v) is 3.73. The van der Waals surface area contributed by atoms with Crippen LogP contribution in [0.25, 0.3) is 0 Å². The monoisotopic (exact) mass is 253 g/mol. The third-order valence-corrected chi connectivity index (χ3v) is 2.34. The number of furan rings is 1. The second kappa shape index (κ2) is 6.16. The molecule has 0 spiro atoms. The van der Waals surface area contributed by atoms with Gasteiger partial charge in [-0.15, -0.1) is 0 Å². The molecule has 0 unspecified atom stereocenters. The van der Waals surface area contributed by atoms with Gasteiger partial charge in [0, 0.05) is 24.7 Å². The van der Waals surface area contributed by atoms with Gasteiger partial charge in [-0.3, -0.25) is 0 Å². The Morgan fingerprint density at radius 3 is 2.89 bits per heavy atom. The molecule has 0 radical (unpaired) electrons. The fourth-order valence-electron chi connectivity index (χ4n) is 1.45. The lowest BCUT2D eigenvalue weighted by atomic mass is 10.3. The Bertz CT molecular complexity index is 486. The minimum Gasteiger partial charge on any atom is -0.489 e. The maximum Gasteiger partial charge on any atom is 0.165 e. The number of ether oxygens (including phenoxy) is 1. The molecule has 0 bridgehead atoms. The minimum absolute atomic E-state index is 0.0693. The van der Waals surface area contributed by atoms with E-state index < -0.39 is 11.6 Å². The average Bonchev–Trinajstić information content (AvgIpc) is 2.86. The van der Waals surface area contributed by atoms with Crippen molar-refractivity contribution < 1.29 is 17.9 Å². The molecule has 0 aliphatic rings. The summed E-state index contributed by atoms with van der Waals surface area (Å²) in [5.74, 6) is -1.15. The fourth-order valence-corrected chi connectivity index (χ4v) is 1.45. The van der Waals surface area contributed by atoms with E-state index in [1.165, 1.54) is 0 Å². The first-order valence-corrected chi connectivity index (χ1v) is 5.55. The third-order valence-electron chi connectivity index (χ3n) is 2.34. The molecule has 1 heterocycles. The van der Waals surface area contributed by atoms with E-state index in [1.807, 2.05) is 6.07 Å². The molecule has 18 heavy (non-hydrogen) atoms. The molecule has 3 nitrogen and oxygen atoms in total. The maximum atomic E-state index is 13.2. The topological polar surface area (TPSA) is 34.4 Å². The largest absolute Gasteiger partial charge is 0.489 e. The number of hydrogen-bond acceptors (Lipinski definition) is 3. The van der Waals surface area contributed by atoms with Gasteiger partial charge in [-0.25, -0.2) is 8.78 Å². The van der Waals surface area contributed by atoms with E-state index in [4.69, 9.17) is 9.15 Å². The summed E-state index contributed by atoms with van der Waals surface area (Å²) in [6.07, 6.45) is 3.23. The van der Waals surface area contributed by atoms with Gasteiger partial charge < -0.3 is 14.5 Å². The summed E-state index contributed by atoms with van der Waals surface area (Å²) in [4.78, 5) is 0. The van der Waals surface area contributed by atoms with Gasteiger partial charge in [-0.1, -0.05) is 0 Å². The van der Waals surface area contributed by atoms with Gasteiger partial charge >= 0.3 is 0 Å². The zero-order chi connectivity index (χ0) is 12.8. The van der Waals surface area contributed by atoms with Gasteiger partial charge in [0.05, 0.1) is 12.5 Å². The third kappa shape index (κ3) is 3.56. The van der Waals surface area contributed by atoms with E-state index in [2.05, 4.69) is 5.32 Å². The quantitative estimate of drug-likeness (QED) is 0.804. The summed E-state index contributed by atoms with van der Waals surface area (Å²) in [7, 11) is 0. The zero-order valence-corrected chi connectivity index (χ0v) is 9.66. The van der Waals surface area contributed by atoms with E-state index in [0.29, 0.717) is 13.1 Å². The van der Waals surface area contributed by atoms with Crippen LogP contribution in [-0.4, -0.2) is 13.2 Å². The molecule has 1 N–H and O–H groups in total. The molecule has 0 saturated heterocycles. The Morgan fingerprint density at radius 2 is 2.11 bits per heavy atom. The molecule has 2 aromatic rings. The summed E-state index contributed by atoms with van der Waals surface area (Å²) in [5.41, 5.74) is 1.02. The van der Waals surface area contributed by atoms with Gasteiger partial charge in [-0.05, 0) is 18.2 Å². The van der Waals surface area contributed by atoms with Crippen molar-refractivity contribution in [2.24, 2.45) is 0 Å². The Balaban J connectivity index is 1.70. The number of halogens is 2. The van der Waals surface area contributed by atoms with Crippen LogP contribution in [0, 0.1) is 11.6 Å². The van der Waals surface area contributed by atoms with Gasteiger partial charge in [0.2, 0.25) is 0 Å². The minimum atomic E-state index is -0.564. The van der Waals surface area contributed by atoms with Gasteiger partial charge in [0.25, 0.3) is 0 Å². The number of benzene rings is 1.